The second-order valence-electron chi connectivity index (χ2n) is 3.42. The second-order valence-corrected chi connectivity index (χ2v) is 4.25. The van der Waals surface area contributed by atoms with Gasteiger partial charge in [-0.1, -0.05) is 19.3 Å². The van der Waals surface area contributed by atoms with Crippen molar-refractivity contribution in [1.29, 1.82) is 0 Å². The summed E-state index contributed by atoms with van der Waals surface area (Å²) in [5, 5.41) is 5.43. The van der Waals surface area contributed by atoms with Crippen molar-refractivity contribution < 1.29 is 0 Å². The molecule has 0 aromatic carbocycles. The lowest BCUT2D eigenvalue weighted by molar-refractivity contribution is 0.311. The zero-order valence-electron chi connectivity index (χ0n) is 7.25. The van der Waals surface area contributed by atoms with Crippen LogP contribution >= 0.6 is 12.1 Å². The predicted octanol–water partition coefficient (Wildman–Crippen LogP) is 2.02. The van der Waals surface area contributed by atoms with Crippen LogP contribution in [0.4, 0.5) is 0 Å². The molecule has 0 atom stereocenters. The molecule has 1 aliphatic carbocycles. The van der Waals surface area contributed by atoms with Gasteiger partial charge in [-0.3, -0.25) is 5.14 Å². The Bertz CT molecular complexity index is 102. The molecule has 66 valence electrons. The molecule has 2 N–H and O–H groups in total. The molecule has 0 spiro atoms. The van der Waals surface area contributed by atoms with Crippen molar-refractivity contribution in [3.05, 3.63) is 0 Å². The summed E-state index contributed by atoms with van der Waals surface area (Å²) in [6.07, 6.45) is 7.10. The van der Waals surface area contributed by atoms with Crippen LogP contribution in [-0.2, 0) is 0 Å². The van der Waals surface area contributed by atoms with Crippen molar-refractivity contribution in [2.75, 3.05) is 13.6 Å². The van der Waals surface area contributed by atoms with Gasteiger partial charge in [0.05, 0.1) is 0 Å². The molecule has 3 heteroatoms. The Labute approximate surface area is 73.8 Å². The minimum atomic E-state index is 0.907. The Kier molecular flexibility index (Phi) is 4.26. The van der Waals surface area contributed by atoms with E-state index in [1.807, 2.05) is 0 Å². The second kappa shape index (κ2) is 5.01. The van der Waals surface area contributed by atoms with Gasteiger partial charge in [-0.25, -0.2) is 4.31 Å². The molecular formula is C8H18N2S. The van der Waals surface area contributed by atoms with Gasteiger partial charge < -0.3 is 0 Å². The molecule has 11 heavy (non-hydrogen) atoms. The van der Waals surface area contributed by atoms with Crippen molar-refractivity contribution in [2.45, 2.75) is 32.1 Å². The molecule has 0 aromatic heterocycles. The fourth-order valence-electron chi connectivity index (χ4n) is 1.78. The molecule has 1 fully saturated rings. The van der Waals surface area contributed by atoms with Crippen LogP contribution in [0, 0.1) is 5.92 Å². The summed E-state index contributed by atoms with van der Waals surface area (Å²) in [7, 11) is 2.07. The Morgan fingerprint density at radius 1 is 1.36 bits per heavy atom. The summed E-state index contributed by atoms with van der Waals surface area (Å²) in [6.45, 7) is 1.17. The third-order valence-corrected chi connectivity index (χ3v) is 2.93. The first-order chi connectivity index (χ1) is 5.33. The quantitative estimate of drug-likeness (QED) is 0.664. The molecule has 0 radical (unpaired) electrons. The summed E-state index contributed by atoms with van der Waals surface area (Å²) in [4.78, 5) is 0. The number of rotatable bonds is 3. The third-order valence-electron chi connectivity index (χ3n) is 2.42. The van der Waals surface area contributed by atoms with E-state index < -0.39 is 0 Å². The number of nitrogens with two attached hydrogens (primary N) is 1. The molecule has 0 aromatic rings. The van der Waals surface area contributed by atoms with E-state index >= 15 is 0 Å². The lowest BCUT2D eigenvalue weighted by Crippen LogP contribution is -2.23. The topological polar surface area (TPSA) is 29.3 Å². The van der Waals surface area contributed by atoms with Crippen molar-refractivity contribution >= 4 is 12.1 Å². The fourth-order valence-corrected chi connectivity index (χ4v) is 2.07. The number of hydrogen-bond acceptors (Lipinski definition) is 3. The van der Waals surface area contributed by atoms with Gasteiger partial charge in [-0.2, -0.15) is 0 Å². The van der Waals surface area contributed by atoms with Gasteiger partial charge in [0, 0.05) is 18.7 Å². The minimum Gasteiger partial charge on any atom is -0.264 e. The van der Waals surface area contributed by atoms with Crippen LogP contribution < -0.4 is 5.14 Å². The summed E-state index contributed by atoms with van der Waals surface area (Å²) in [5.74, 6) is 0.907. The molecule has 0 aliphatic heterocycles. The van der Waals surface area contributed by atoms with Crippen LogP contribution in [0.3, 0.4) is 0 Å². The highest BCUT2D eigenvalue weighted by atomic mass is 32.2. The minimum absolute atomic E-state index is 0.907. The SMILES string of the molecule is CN(CC1CCCCC1)SN. The maximum absolute atomic E-state index is 5.43. The highest BCUT2D eigenvalue weighted by Crippen LogP contribution is 2.24. The van der Waals surface area contributed by atoms with Crippen LogP contribution in [0.1, 0.15) is 32.1 Å². The van der Waals surface area contributed by atoms with Crippen LogP contribution in [-0.4, -0.2) is 17.9 Å². The van der Waals surface area contributed by atoms with E-state index in [0.717, 1.165) is 5.92 Å². The number of nitrogens with zero attached hydrogens (tertiary/aromatic N) is 1. The first-order valence-corrected chi connectivity index (χ1v) is 5.24. The van der Waals surface area contributed by atoms with Gasteiger partial charge in [0.25, 0.3) is 0 Å². The van der Waals surface area contributed by atoms with Crippen LogP contribution in [0.25, 0.3) is 0 Å². The summed E-state index contributed by atoms with van der Waals surface area (Å²) in [6, 6.07) is 0. The van der Waals surface area contributed by atoms with Crippen LogP contribution in [0.2, 0.25) is 0 Å². The van der Waals surface area contributed by atoms with E-state index in [0.29, 0.717) is 0 Å². The fraction of sp³-hybridized carbons (Fsp3) is 1.00. The normalized spacial score (nSPS) is 21.0. The Hall–Kier alpha value is 0.270. The molecular weight excluding hydrogens is 156 g/mol. The lowest BCUT2D eigenvalue weighted by Gasteiger charge is -2.24. The Balaban J connectivity index is 2.13. The van der Waals surface area contributed by atoms with E-state index in [1.165, 1.54) is 50.8 Å². The highest BCUT2D eigenvalue weighted by molar-refractivity contribution is 7.94. The third kappa shape index (κ3) is 3.45. The van der Waals surface area contributed by atoms with E-state index in [9.17, 15) is 0 Å². The molecule has 0 amide bonds. The standard InChI is InChI=1S/C8H18N2S/c1-10(11-9)7-8-5-3-2-4-6-8/h8H,2-7,9H2,1H3. The van der Waals surface area contributed by atoms with Crippen molar-refractivity contribution in [2.24, 2.45) is 11.1 Å². The molecule has 1 saturated carbocycles. The summed E-state index contributed by atoms with van der Waals surface area (Å²) < 4.78 is 2.13. The average Bonchev–Trinajstić information content (AvgIpc) is 2.06. The van der Waals surface area contributed by atoms with Crippen molar-refractivity contribution in [1.82, 2.24) is 4.31 Å². The molecule has 0 heterocycles. The van der Waals surface area contributed by atoms with E-state index in [1.54, 1.807) is 0 Å². The van der Waals surface area contributed by atoms with Crippen molar-refractivity contribution in [3.8, 4) is 0 Å². The molecule has 0 unspecified atom stereocenters. The highest BCUT2D eigenvalue weighted by Gasteiger charge is 2.14. The van der Waals surface area contributed by atoms with Crippen LogP contribution in [0.15, 0.2) is 0 Å². The maximum Gasteiger partial charge on any atom is 0.0126 e. The lowest BCUT2D eigenvalue weighted by atomic mass is 9.89. The number of hydrogen-bond donors (Lipinski definition) is 1. The van der Waals surface area contributed by atoms with Gasteiger partial charge >= 0.3 is 0 Å². The van der Waals surface area contributed by atoms with Gasteiger partial charge in [0.15, 0.2) is 0 Å². The maximum atomic E-state index is 5.43. The molecule has 0 saturated heterocycles. The van der Waals surface area contributed by atoms with Gasteiger partial charge in [-0.15, -0.1) is 0 Å². The summed E-state index contributed by atoms with van der Waals surface area (Å²) >= 11 is 1.35. The molecule has 2 nitrogen and oxygen atoms in total. The average molecular weight is 174 g/mol. The van der Waals surface area contributed by atoms with E-state index in [-0.39, 0.29) is 0 Å². The van der Waals surface area contributed by atoms with E-state index in [2.05, 4.69) is 11.4 Å². The first kappa shape index (κ1) is 9.36. The molecule has 0 bridgehead atoms. The van der Waals surface area contributed by atoms with Crippen LogP contribution in [0.5, 0.6) is 0 Å². The van der Waals surface area contributed by atoms with E-state index in [4.69, 9.17) is 5.14 Å². The smallest absolute Gasteiger partial charge is 0.0126 e. The zero-order chi connectivity index (χ0) is 8.10. The zero-order valence-corrected chi connectivity index (χ0v) is 8.07. The van der Waals surface area contributed by atoms with Gasteiger partial charge in [0.1, 0.15) is 0 Å². The summed E-state index contributed by atoms with van der Waals surface area (Å²) in [5.41, 5.74) is 0. The monoisotopic (exact) mass is 174 g/mol. The Morgan fingerprint density at radius 2 is 2.00 bits per heavy atom. The van der Waals surface area contributed by atoms with Gasteiger partial charge in [-0.05, 0) is 25.8 Å². The predicted molar refractivity (Wildman–Crippen MR) is 51.0 cm³/mol. The first-order valence-electron chi connectivity index (χ1n) is 4.41. The van der Waals surface area contributed by atoms with Crippen molar-refractivity contribution in [3.63, 3.8) is 0 Å². The Morgan fingerprint density at radius 3 is 2.55 bits per heavy atom. The largest absolute Gasteiger partial charge is 0.264 e. The van der Waals surface area contributed by atoms with Gasteiger partial charge in [0.2, 0.25) is 0 Å². The molecule has 1 aliphatic rings. The molecule has 1 rings (SSSR count).